The van der Waals surface area contributed by atoms with Gasteiger partial charge in [0, 0.05) is 28.8 Å². The van der Waals surface area contributed by atoms with Crippen LogP contribution in [0.5, 0.6) is 0 Å². The highest BCUT2D eigenvalue weighted by atomic mass is 16.2. The summed E-state index contributed by atoms with van der Waals surface area (Å²) in [6, 6.07) is 10.6. The Bertz CT molecular complexity index is 1270. The molecule has 170 valence electrons. The van der Waals surface area contributed by atoms with Gasteiger partial charge in [0.1, 0.15) is 0 Å². The molecule has 7 nitrogen and oxygen atoms in total. The Balaban J connectivity index is 1.78. The lowest BCUT2D eigenvalue weighted by Gasteiger charge is -2.48. The number of fused-ring (bicyclic) bond motifs is 1. The van der Waals surface area contributed by atoms with Gasteiger partial charge in [0.05, 0.1) is 28.1 Å². The fraction of sp³-hybridized carbons (Fsp3) is 0.423. The molecule has 3 aliphatic heterocycles. The smallest absolute Gasteiger partial charge is 0.250 e. The summed E-state index contributed by atoms with van der Waals surface area (Å²) in [4.78, 5) is 13.6. The average molecular weight is 443 g/mol. The van der Waals surface area contributed by atoms with Crippen molar-refractivity contribution < 1.29 is 4.79 Å². The fourth-order valence-electron chi connectivity index (χ4n) is 5.72. The van der Waals surface area contributed by atoms with E-state index in [0.717, 1.165) is 63.5 Å². The van der Waals surface area contributed by atoms with Crippen molar-refractivity contribution in [2.75, 3.05) is 0 Å². The maximum absolute atomic E-state index is 13.6. The van der Waals surface area contributed by atoms with Crippen LogP contribution in [0.15, 0.2) is 63.1 Å². The van der Waals surface area contributed by atoms with Crippen molar-refractivity contribution in [2.45, 2.75) is 71.5 Å². The van der Waals surface area contributed by atoms with Gasteiger partial charge in [-0.25, -0.2) is 0 Å². The summed E-state index contributed by atoms with van der Waals surface area (Å²) in [5.41, 5.74) is 7.71. The number of nitrogens with one attached hydrogen (secondary N) is 2. The van der Waals surface area contributed by atoms with Crippen LogP contribution in [0.2, 0.25) is 0 Å². The zero-order valence-corrected chi connectivity index (χ0v) is 20.1. The van der Waals surface area contributed by atoms with Crippen molar-refractivity contribution in [3.8, 4) is 11.1 Å². The maximum Gasteiger partial charge on any atom is 0.250 e. The minimum atomic E-state index is -0.612. The van der Waals surface area contributed by atoms with Crippen LogP contribution in [-0.2, 0) is 10.2 Å². The molecule has 1 unspecified atom stereocenters. The molecule has 0 fully saturated rings. The van der Waals surface area contributed by atoms with Gasteiger partial charge in [0.15, 0.2) is 6.17 Å². The number of aryl methyl sites for hydroxylation is 2. The molecule has 1 amide bonds. The predicted molar refractivity (Wildman–Crippen MR) is 127 cm³/mol. The van der Waals surface area contributed by atoms with Crippen LogP contribution in [0.3, 0.4) is 0 Å². The number of rotatable bonds is 3. The Morgan fingerprint density at radius 3 is 2.67 bits per heavy atom. The second kappa shape index (κ2) is 7.33. The molecule has 0 saturated carbocycles. The Labute approximate surface area is 194 Å². The van der Waals surface area contributed by atoms with Gasteiger partial charge in [-0.1, -0.05) is 25.1 Å². The van der Waals surface area contributed by atoms with Crippen molar-refractivity contribution in [3.63, 3.8) is 0 Å². The number of hydrogen-bond donors (Lipinski definition) is 2. The van der Waals surface area contributed by atoms with Crippen molar-refractivity contribution >= 4 is 5.91 Å². The molecule has 7 heteroatoms. The van der Waals surface area contributed by atoms with Gasteiger partial charge in [0.25, 0.3) is 5.91 Å². The number of benzene rings is 1. The molecule has 3 aliphatic rings. The molecule has 1 aromatic carbocycles. The van der Waals surface area contributed by atoms with Gasteiger partial charge in [-0.15, -0.1) is 0 Å². The third-order valence-corrected chi connectivity index (χ3v) is 7.08. The first kappa shape index (κ1) is 21.5. The molecule has 0 aliphatic carbocycles. The van der Waals surface area contributed by atoms with Gasteiger partial charge in [0.2, 0.25) is 0 Å². The number of nitrogens with zero attached hydrogens (tertiary/aromatic N) is 4. The predicted octanol–water partition coefficient (Wildman–Crippen LogP) is 4.63. The largest absolute Gasteiger partial charge is 0.362 e. The number of azo groups is 1. The minimum Gasteiger partial charge on any atom is -0.362 e. The van der Waals surface area contributed by atoms with Crippen LogP contribution in [0.4, 0.5) is 0 Å². The summed E-state index contributed by atoms with van der Waals surface area (Å²) >= 11 is 0. The molecule has 0 saturated heterocycles. The third-order valence-electron chi connectivity index (χ3n) is 7.08. The lowest BCUT2D eigenvalue weighted by atomic mass is 9.61. The van der Waals surface area contributed by atoms with Crippen LogP contribution >= 0.6 is 0 Å². The summed E-state index contributed by atoms with van der Waals surface area (Å²) < 4.78 is 0. The second-order valence-electron chi connectivity index (χ2n) is 9.95. The van der Waals surface area contributed by atoms with Crippen LogP contribution in [0.25, 0.3) is 11.1 Å². The number of hydrogen-bond acceptors (Lipinski definition) is 6. The number of aromatic nitrogens is 2. The number of carbonyl (C=O) groups excluding carboxylic acids is 1. The molecule has 0 radical (unpaired) electrons. The minimum absolute atomic E-state index is 0.0238. The van der Waals surface area contributed by atoms with E-state index in [9.17, 15) is 4.79 Å². The van der Waals surface area contributed by atoms with Gasteiger partial charge in [-0.2, -0.15) is 20.4 Å². The zero-order valence-electron chi connectivity index (χ0n) is 20.1. The van der Waals surface area contributed by atoms with Crippen molar-refractivity contribution in [1.82, 2.24) is 20.8 Å². The van der Waals surface area contributed by atoms with Gasteiger partial charge < -0.3 is 10.6 Å². The number of allylic oxidation sites excluding steroid dienone is 1. The van der Waals surface area contributed by atoms with E-state index < -0.39 is 5.41 Å². The van der Waals surface area contributed by atoms with Gasteiger partial charge in [-0.05, 0) is 64.3 Å². The van der Waals surface area contributed by atoms with E-state index >= 15 is 0 Å². The third kappa shape index (κ3) is 3.21. The molecular formula is C26H30N6O. The van der Waals surface area contributed by atoms with Crippen molar-refractivity contribution in [1.29, 1.82) is 0 Å². The number of carbonyl (C=O) groups is 1. The van der Waals surface area contributed by atoms with Gasteiger partial charge in [-0.3, -0.25) is 4.79 Å². The average Bonchev–Trinajstić information content (AvgIpc) is 3.14. The molecular weight excluding hydrogens is 412 g/mol. The Kier molecular flexibility index (Phi) is 4.78. The van der Waals surface area contributed by atoms with Crippen molar-refractivity contribution in [2.24, 2.45) is 10.2 Å². The highest BCUT2D eigenvalue weighted by molar-refractivity contribution is 6.00. The topological polar surface area (TPSA) is 91.6 Å². The summed E-state index contributed by atoms with van der Waals surface area (Å²) in [6.45, 7) is 12.2. The normalized spacial score (nSPS) is 25.5. The summed E-state index contributed by atoms with van der Waals surface area (Å²) in [6.07, 6.45) is 1.20. The maximum atomic E-state index is 13.6. The summed E-state index contributed by atoms with van der Waals surface area (Å²) in [7, 11) is 0. The lowest BCUT2D eigenvalue weighted by molar-refractivity contribution is -0.120. The van der Waals surface area contributed by atoms with E-state index in [4.69, 9.17) is 0 Å². The van der Waals surface area contributed by atoms with Crippen LogP contribution in [-0.4, -0.2) is 27.8 Å². The highest BCUT2D eigenvalue weighted by Crippen LogP contribution is 2.53. The SMILES string of the molecule is CC[C@@]1(c2cccc(-c3cc(C)nnc3C)c2)C2=C(CC(C)(C)NC2=O)NC2N=NC(C)=C21. The first-order chi connectivity index (χ1) is 15.7. The first-order valence-electron chi connectivity index (χ1n) is 11.5. The van der Waals surface area contributed by atoms with Crippen LogP contribution in [0.1, 0.15) is 57.5 Å². The molecule has 33 heavy (non-hydrogen) atoms. The molecule has 2 aromatic rings. The fourth-order valence-corrected chi connectivity index (χ4v) is 5.72. The quantitative estimate of drug-likeness (QED) is 0.725. The van der Waals surface area contributed by atoms with Crippen molar-refractivity contribution in [3.05, 3.63) is 69.8 Å². The molecule has 4 heterocycles. The molecule has 1 aromatic heterocycles. The molecule has 2 N–H and O–H groups in total. The highest BCUT2D eigenvalue weighted by Gasteiger charge is 2.54. The Morgan fingerprint density at radius 2 is 1.91 bits per heavy atom. The summed E-state index contributed by atoms with van der Waals surface area (Å²) in [5, 5.41) is 24.3. The lowest BCUT2D eigenvalue weighted by Crippen LogP contribution is -2.58. The van der Waals surface area contributed by atoms with E-state index in [-0.39, 0.29) is 17.6 Å². The van der Waals surface area contributed by atoms with Gasteiger partial charge >= 0.3 is 0 Å². The van der Waals surface area contributed by atoms with E-state index in [1.54, 1.807) is 0 Å². The second-order valence-corrected chi connectivity index (χ2v) is 9.95. The van der Waals surface area contributed by atoms with E-state index in [0.29, 0.717) is 0 Å². The molecule has 0 bridgehead atoms. The summed E-state index contributed by atoms with van der Waals surface area (Å²) in [5.74, 6) is -0.0238. The first-order valence-corrected chi connectivity index (χ1v) is 11.5. The van der Waals surface area contributed by atoms with E-state index in [2.05, 4.69) is 82.2 Å². The van der Waals surface area contributed by atoms with Crippen LogP contribution < -0.4 is 10.6 Å². The monoisotopic (exact) mass is 442 g/mol. The Hall–Kier alpha value is -3.35. The van der Waals surface area contributed by atoms with E-state index in [1.165, 1.54) is 0 Å². The molecule has 2 atom stereocenters. The Morgan fingerprint density at radius 1 is 1.12 bits per heavy atom. The molecule has 5 rings (SSSR count). The molecule has 0 spiro atoms. The standard InChI is InChI=1S/C26H30N6O/c1-7-26(18-10-8-9-17(12-18)19-11-14(2)29-30-15(19)3)21-16(4)31-32-23(21)27-20-13-25(5,6)28-24(33)22(20)26/h8-12,23,27H,7,13H2,1-6H3,(H,28,33)/t23?,26-/m0/s1. The van der Waals surface area contributed by atoms with E-state index in [1.807, 2.05) is 20.8 Å². The number of amides is 1. The zero-order chi connectivity index (χ0) is 23.5. The van der Waals surface area contributed by atoms with Crippen LogP contribution in [0, 0.1) is 13.8 Å².